The van der Waals surface area contributed by atoms with Gasteiger partial charge in [0.25, 0.3) is 0 Å². The Kier molecular flexibility index (Phi) is 1.78. The van der Waals surface area contributed by atoms with Crippen LogP contribution in [0.3, 0.4) is 0 Å². The fraction of sp³-hybridized carbons (Fsp3) is 0. The molecule has 0 saturated heterocycles. The van der Waals surface area contributed by atoms with Crippen LogP contribution >= 0.6 is 11.5 Å². The van der Waals surface area contributed by atoms with Crippen LogP contribution in [0.25, 0.3) is 22.8 Å². The lowest BCUT2D eigenvalue weighted by Gasteiger charge is -1.88. The fourth-order valence-electron chi connectivity index (χ4n) is 1.13. The summed E-state index contributed by atoms with van der Waals surface area (Å²) in [5, 5.41) is 16.4. The van der Waals surface area contributed by atoms with Crippen LogP contribution < -0.4 is 0 Å². The molecule has 0 radical (unpaired) electrons. The second kappa shape index (κ2) is 3.24. The Morgan fingerprint density at radius 3 is 2.67 bits per heavy atom. The Labute approximate surface area is 86.8 Å². The summed E-state index contributed by atoms with van der Waals surface area (Å²) < 4.78 is 13.4. The van der Waals surface area contributed by atoms with Gasteiger partial charge in [-0.2, -0.15) is 4.37 Å². The maximum absolute atomic E-state index is 4.65. The van der Waals surface area contributed by atoms with Crippen LogP contribution in [0.2, 0.25) is 0 Å². The molecule has 0 aliphatic heterocycles. The van der Waals surface area contributed by atoms with Gasteiger partial charge in [0, 0.05) is 10.7 Å². The van der Waals surface area contributed by atoms with E-state index in [2.05, 4.69) is 34.2 Å². The molecule has 0 unspecified atom stereocenters. The Morgan fingerprint density at radius 1 is 1.13 bits per heavy atom. The highest BCUT2D eigenvalue weighted by atomic mass is 32.1. The van der Waals surface area contributed by atoms with Gasteiger partial charge in [-0.15, -0.1) is 5.10 Å². The van der Waals surface area contributed by atoms with Crippen molar-refractivity contribution in [1.29, 1.82) is 0 Å². The summed E-state index contributed by atoms with van der Waals surface area (Å²) in [5.74, 6) is 0. The van der Waals surface area contributed by atoms with Gasteiger partial charge in [0.2, 0.25) is 0 Å². The van der Waals surface area contributed by atoms with Crippen LogP contribution in [-0.4, -0.2) is 25.1 Å². The van der Waals surface area contributed by atoms with Crippen LogP contribution in [0.5, 0.6) is 0 Å². The number of hydrogen-bond acceptors (Lipinski definition) is 8. The van der Waals surface area contributed by atoms with Crippen molar-refractivity contribution in [1.82, 2.24) is 25.1 Å². The topological polar surface area (TPSA) is 90.7 Å². The summed E-state index contributed by atoms with van der Waals surface area (Å²) in [6.45, 7) is 0. The van der Waals surface area contributed by atoms with Crippen molar-refractivity contribution in [2.45, 2.75) is 0 Å². The van der Waals surface area contributed by atoms with E-state index in [0.29, 0.717) is 22.8 Å². The first kappa shape index (κ1) is 8.24. The van der Waals surface area contributed by atoms with Gasteiger partial charge in [-0.1, -0.05) is 0 Å². The third-order valence-electron chi connectivity index (χ3n) is 1.77. The van der Waals surface area contributed by atoms with Crippen LogP contribution in [0.4, 0.5) is 0 Å². The first-order valence-corrected chi connectivity index (χ1v) is 4.79. The van der Waals surface area contributed by atoms with Crippen LogP contribution in [0, 0.1) is 0 Å². The molecule has 0 atom stereocenters. The first-order valence-electron chi connectivity index (χ1n) is 3.96. The van der Waals surface area contributed by atoms with E-state index >= 15 is 0 Å². The Bertz CT molecular complexity index is 495. The van der Waals surface area contributed by atoms with E-state index in [-0.39, 0.29) is 0 Å². The standard InChI is InChI=1S/C7H3N5O2S/c1-2-15-11-4(1)6-7(10-14-9-6)5-3-13-12-8-5/h1-3H. The third-order valence-corrected chi connectivity index (χ3v) is 2.33. The molecule has 0 bridgehead atoms. The molecule has 15 heavy (non-hydrogen) atoms. The van der Waals surface area contributed by atoms with Crippen molar-refractivity contribution >= 4 is 11.5 Å². The van der Waals surface area contributed by atoms with Crippen LogP contribution in [0.1, 0.15) is 0 Å². The summed E-state index contributed by atoms with van der Waals surface area (Å²) in [6.07, 6.45) is 1.37. The zero-order valence-electron chi connectivity index (χ0n) is 7.19. The summed E-state index contributed by atoms with van der Waals surface area (Å²) in [5.41, 5.74) is 2.17. The molecule has 0 saturated carbocycles. The molecule has 0 aromatic carbocycles. The zero-order valence-corrected chi connectivity index (χ0v) is 8.01. The molecule has 0 fully saturated rings. The quantitative estimate of drug-likeness (QED) is 0.642. The Balaban J connectivity index is 2.15. The first-order chi connectivity index (χ1) is 7.45. The van der Waals surface area contributed by atoms with E-state index in [9.17, 15) is 0 Å². The Hall–Kier alpha value is -2.09. The second-order valence-electron chi connectivity index (χ2n) is 2.64. The van der Waals surface area contributed by atoms with E-state index in [4.69, 9.17) is 0 Å². The normalized spacial score (nSPS) is 10.7. The van der Waals surface area contributed by atoms with Gasteiger partial charge in [0.1, 0.15) is 5.69 Å². The van der Waals surface area contributed by atoms with Gasteiger partial charge in [-0.05, 0) is 27.9 Å². The molecule has 3 aromatic rings. The van der Waals surface area contributed by atoms with Crippen molar-refractivity contribution in [2.24, 2.45) is 0 Å². The summed E-state index contributed by atoms with van der Waals surface area (Å²) in [4.78, 5) is 0. The number of rotatable bonds is 2. The summed E-state index contributed by atoms with van der Waals surface area (Å²) in [7, 11) is 0. The molecular weight excluding hydrogens is 218 g/mol. The van der Waals surface area contributed by atoms with Crippen LogP contribution in [0.15, 0.2) is 26.9 Å². The van der Waals surface area contributed by atoms with E-state index in [1.54, 1.807) is 0 Å². The molecule has 0 aliphatic carbocycles. The van der Waals surface area contributed by atoms with E-state index in [1.165, 1.54) is 17.8 Å². The van der Waals surface area contributed by atoms with Crippen molar-refractivity contribution in [2.75, 3.05) is 0 Å². The molecule has 0 aliphatic rings. The van der Waals surface area contributed by atoms with Gasteiger partial charge >= 0.3 is 0 Å². The number of aromatic nitrogens is 5. The lowest BCUT2D eigenvalue weighted by Crippen LogP contribution is -1.83. The minimum absolute atomic E-state index is 0.472. The van der Waals surface area contributed by atoms with Crippen molar-refractivity contribution in [3.05, 3.63) is 17.7 Å². The molecule has 3 rings (SSSR count). The molecule has 74 valence electrons. The predicted molar refractivity (Wildman–Crippen MR) is 48.7 cm³/mol. The zero-order chi connectivity index (χ0) is 10.1. The largest absolute Gasteiger partial charge is 0.345 e. The molecule has 0 N–H and O–H groups in total. The van der Waals surface area contributed by atoms with Crippen molar-refractivity contribution < 1.29 is 9.15 Å². The Morgan fingerprint density at radius 2 is 2.00 bits per heavy atom. The number of nitrogens with zero attached hydrogens (tertiary/aromatic N) is 5. The van der Waals surface area contributed by atoms with Gasteiger partial charge in [0.15, 0.2) is 23.3 Å². The highest BCUT2D eigenvalue weighted by Gasteiger charge is 2.18. The van der Waals surface area contributed by atoms with Gasteiger partial charge in [-0.25, -0.2) is 4.63 Å². The smallest absolute Gasteiger partial charge is 0.168 e. The predicted octanol–water partition coefficient (Wildman–Crippen LogP) is 1.24. The molecule has 8 heteroatoms. The van der Waals surface area contributed by atoms with Gasteiger partial charge < -0.3 is 4.52 Å². The fourth-order valence-corrected chi connectivity index (χ4v) is 1.64. The maximum Gasteiger partial charge on any atom is 0.168 e. The lowest BCUT2D eigenvalue weighted by molar-refractivity contribution is 0.309. The van der Waals surface area contributed by atoms with Crippen LogP contribution in [-0.2, 0) is 0 Å². The molecule has 0 spiro atoms. The molecule has 7 nitrogen and oxygen atoms in total. The molecule has 3 heterocycles. The third kappa shape index (κ3) is 1.31. The summed E-state index contributed by atoms with van der Waals surface area (Å²) >= 11 is 1.32. The molecule has 3 aromatic heterocycles. The average molecular weight is 221 g/mol. The van der Waals surface area contributed by atoms with E-state index in [1.807, 2.05) is 11.4 Å². The molecular formula is C7H3N5O2S. The second-order valence-corrected chi connectivity index (χ2v) is 3.30. The molecule has 0 amide bonds. The van der Waals surface area contributed by atoms with Crippen molar-refractivity contribution in [3.8, 4) is 22.8 Å². The van der Waals surface area contributed by atoms with Gasteiger partial charge in [0.05, 0.1) is 0 Å². The highest BCUT2D eigenvalue weighted by molar-refractivity contribution is 7.03. The lowest BCUT2D eigenvalue weighted by atomic mass is 10.2. The van der Waals surface area contributed by atoms with Gasteiger partial charge in [-0.3, -0.25) is 0 Å². The van der Waals surface area contributed by atoms with E-state index < -0.39 is 0 Å². The summed E-state index contributed by atoms with van der Waals surface area (Å²) in [6, 6.07) is 1.82. The monoisotopic (exact) mass is 221 g/mol. The van der Waals surface area contributed by atoms with E-state index in [0.717, 1.165) is 0 Å². The average Bonchev–Trinajstić information content (AvgIpc) is 3.01. The minimum atomic E-state index is 0.472. The number of hydrogen-bond donors (Lipinski definition) is 0. The maximum atomic E-state index is 4.65. The van der Waals surface area contributed by atoms with Crippen molar-refractivity contribution in [3.63, 3.8) is 0 Å². The minimum Gasteiger partial charge on any atom is -0.345 e. The highest BCUT2D eigenvalue weighted by Crippen LogP contribution is 2.26. The SMILES string of the molecule is c1cc(-c2nonc2-c2conn2)ns1.